The molecule has 0 amide bonds. The lowest BCUT2D eigenvalue weighted by atomic mass is 10.0. The van der Waals surface area contributed by atoms with Crippen molar-refractivity contribution in [2.45, 2.75) is 25.3 Å². The number of hydrogen-bond donors (Lipinski definition) is 1. The van der Waals surface area contributed by atoms with Crippen LogP contribution in [0.3, 0.4) is 0 Å². The molecule has 0 radical (unpaired) electrons. The zero-order chi connectivity index (χ0) is 11.7. The van der Waals surface area contributed by atoms with Crippen molar-refractivity contribution >= 4 is 42.6 Å². The monoisotopic (exact) mass is 311 g/mol. The predicted molar refractivity (Wildman–Crippen MR) is 83.5 cm³/mol. The van der Waals surface area contributed by atoms with Crippen molar-refractivity contribution in [3.63, 3.8) is 0 Å². The van der Waals surface area contributed by atoms with E-state index in [1.165, 1.54) is 11.3 Å². The lowest BCUT2D eigenvalue weighted by molar-refractivity contribution is 0.327. The highest BCUT2D eigenvalue weighted by Gasteiger charge is 2.23. The predicted octanol–water partition coefficient (Wildman–Crippen LogP) is 2.60. The number of nitrogens with one attached hydrogen (secondary N) is 1. The zero-order valence-electron chi connectivity index (χ0n) is 10.8. The maximum atomic E-state index is 6.04. The van der Waals surface area contributed by atoms with Gasteiger partial charge in [-0.05, 0) is 19.4 Å². The lowest BCUT2D eigenvalue weighted by Gasteiger charge is -2.33. The largest absolute Gasteiger partial charge is 0.373 e. The van der Waals surface area contributed by atoms with Gasteiger partial charge in [-0.1, -0.05) is 6.08 Å². The Morgan fingerprint density at radius 1 is 1.39 bits per heavy atom. The fourth-order valence-electron chi connectivity index (χ4n) is 1.95. The number of fused-ring (bicyclic) bond motifs is 1. The highest BCUT2D eigenvalue weighted by Crippen LogP contribution is 2.26. The van der Waals surface area contributed by atoms with Crippen LogP contribution in [0.2, 0.25) is 0 Å². The molecule has 1 unspecified atom stereocenters. The Labute approximate surface area is 126 Å². The Bertz CT molecular complexity index is 375. The van der Waals surface area contributed by atoms with E-state index in [9.17, 15) is 0 Å². The Morgan fingerprint density at radius 2 is 2.06 bits per heavy atom. The van der Waals surface area contributed by atoms with Crippen LogP contribution < -0.4 is 5.32 Å². The van der Waals surface area contributed by atoms with Crippen LogP contribution in [0.4, 0.5) is 0 Å². The van der Waals surface area contributed by atoms with E-state index in [0.717, 1.165) is 18.8 Å². The number of rotatable bonds is 2. The number of nitrogens with zero attached hydrogens (tertiary/aromatic N) is 2. The molecule has 1 N–H and O–H groups in total. The van der Waals surface area contributed by atoms with E-state index in [-0.39, 0.29) is 30.2 Å². The van der Waals surface area contributed by atoms with E-state index in [1.807, 2.05) is 0 Å². The first-order chi connectivity index (χ1) is 7.59. The van der Waals surface area contributed by atoms with Gasteiger partial charge in [-0.15, -0.1) is 36.4 Å². The maximum absolute atomic E-state index is 6.04. The molecule has 1 atom stereocenters. The minimum absolute atomic E-state index is 0. The molecule has 18 heavy (non-hydrogen) atoms. The summed E-state index contributed by atoms with van der Waals surface area (Å²) in [6, 6.07) is 0.479. The zero-order valence-corrected chi connectivity index (χ0v) is 13.2. The van der Waals surface area contributed by atoms with Crippen molar-refractivity contribution in [3.05, 3.63) is 23.0 Å². The summed E-state index contributed by atoms with van der Waals surface area (Å²) in [5.41, 5.74) is 3.58. The van der Waals surface area contributed by atoms with E-state index in [2.05, 4.69) is 42.2 Å². The summed E-state index contributed by atoms with van der Waals surface area (Å²) in [5, 5.41) is 3.32. The molecule has 2 aliphatic rings. The van der Waals surface area contributed by atoms with Crippen LogP contribution in [0, 0.1) is 0 Å². The first-order valence-electron chi connectivity index (χ1n) is 5.65. The molecule has 0 saturated carbocycles. The van der Waals surface area contributed by atoms with Crippen molar-refractivity contribution in [1.82, 2.24) is 10.2 Å². The van der Waals surface area contributed by atoms with E-state index < -0.39 is 0 Å². The van der Waals surface area contributed by atoms with Gasteiger partial charge in [0.15, 0.2) is 0 Å². The van der Waals surface area contributed by atoms with Gasteiger partial charge in [0.1, 0.15) is 0 Å². The second-order valence-electron chi connectivity index (χ2n) is 4.52. The Kier molecular flexibility index (Phi) is 7.30. The molecule has 0 fully saturated rings. The van der Waals surface area contributed by atoms with E-state index in [0.29, 0.717) is 6.04 Å². The molecule has 0 saturated heterocycles. The molecule has 2 aliphatic heterocycles. The highest BCUT2D eigenvalue weighted by molar-refractivity contribution is 6.30. The van der Waals surface area contributed by atoms with Crippen LogP contribution in [0.15, 0.2) is 28.0 Å². The topological polar surface area (TPSA) is 27.6 Å². The van der Waals surface area contributed by atoms with Gasteiger partial charge in [-0.2, -0.15) is 0 Å². The number of allylic oxidation sites excluding steroid dienone is 1. The summed E-state index contributed by atoms with van der Waals surface area (Å²) < 4.78 is 0. The molecule has 0 bridgehead atoms. The number of hydrogen-bond acceptors (Lipinski definition) is 3. The van der Waals surface area contributed by atoms with E-state index in [4.69, 9.17) is 11.6 Å². The third-order valence-electron chi connectivity index (χ3n) is 3.09. The van der Waals surface area contributed by atoms with Crippen LogP contribution in [-0.2, 0) is 0 Å². The van der Waals surface area contributed by atoms with Crippen molar-refractivity contribution in [2.24, 2.45) is 4.99 Å². The number of dihydropyridines is 1. The van der Waals surface area contributed by atoms with Crippen molar-refractivity contribution in [3.8, 4) is 0 Å². The van der Waals surface area contributed by atoms with Crippen molar-refractivity contribution in [2.75, 3.05) is 20.1 Å². The highest BCUT2D eigenvalue weighted by atomic mass is 35.5. The Morgan fingerprint density at radius 3 is 2.67 bits per heavy atom. The molecule has 3 nitrogen and oxygen atoms in total. The average Bonchev–Trinajstić information content (AvgIpc) is 2.26. The van der Waals surface area contributed by atoms with Gasteiger partial charge in [0.2, 0.25) is 0 Å². The molecule has 2 heterocycles. The van der Waals surface area contributed by atoms with E-state index in [1.54, 1.807) is 6.21 Å². The molecule has 104 valence electrons. The second kappa shape index (κ2) is 7.39. The lowest BCUT2D eigenvalue weighted by Crippen LogP contribution is -2.38. The average molecular weight is 313 g/mol. The summed E-state index contributed by atoms with van der Waals surface area (Å²) in [7, 11) is 2.11. The van der Waals surface area contributed by atoms with Gasteiger partial charge in [-0.3, -0.25) is 4.99 Å². The van der Waals surface area contributed by atoms with Gasteiger partial charge >= 0.3 is 0 Å². The smallest absolute Gasteiger partial charge is 0.0875 e. The standard InChI is InChI=1S/C12H18ClN3.2ClH/c1-8(2)16(3)11-7-14-5-9-4-10(13)6-15-12(9)11;;/h4,6,8,10,14H,5,7H2,1-3H3;2*1H. The number of halogens is 3. The normalized spacial score (nSPS) is 21.8. The SMILES string of the molecule is CC(C)N(C)C1=C2N=CC(Cl)C=C2CNC1.Cl.Cl. The molecule has 0 aromatic rings. The molecule has 0 spiro atoms. The Hall–Kier alpha value is -0.220. The van der Waals surface area contributed by atoms with Gasteiger partial charge in [0, 0.05) is 32.4 Å². The second-order valence-corrected chi connectivity index (χ2v) is 5.02. The van der Waals surface area contributed by atoms with Crippen LogP contribution in [-0.4, -0.2) is 42.7 Å². The number of aliphatic imine (C=N–C) groups is 1. The van der Waals surface area contributed by atoms with Crippen LogP contribution >= 0.6 is 36.4 Å². The molecule has 6 heteroatoms. The van der Waals surface area contributed by atoms with Gasteiger partial charge in [-0.25, -0.2) is 0 Å². The summed E-state index contributed by atoms with van der Waals surface area (Å²) in [5.74, 6) is 0. The first kappa shape index (κ1) is 17.8. The van der Waals surface area contributed by atoms with Crippen LogP contribution in [0.5, 0.6) is 0 Å². The third-order valence-corrected chi connectivity index (χ3v) is 3.33. The number of likely N-dealkylation sites (N-methyl/N-ethyl adjacent to an activating group) is 1. The summed E-state index contributed by atoms with van der Waals surface area (Å²) in [6.45, 7) is 6.11. The molecular formula is C12H20Cl3N3. The van der Waals surface area contributed by atoms with Crippen LogP contribution in [0.1, 0.15) is 13.8 Å². The Balaban J connectivity index is 0.00000144. The third kappa shape index (κ3) is 3.64. The quantitative estimate of drug-likeness (QED) is 0.794. The minimum Gasteiger partial charge on any atom is -0.373 e. The van der Waals surface area contributed by atoms with Crippen molar-refractivity contribution in [1.29, 1.82) is 0 Å². The van der Waals surface area contributed by atoms with Gasteiger partial charge < -0.3 is 10.2 Å². The van der Waals surface area contributed by atoms with E-state index >= 15 is 0 Å². The van der Waals surface area contributed by atoms with Gasteiger partial charge in [0.25, 0.3) is 0 Å². The maximum Gasteiger partial charge on any atom is 0.0875 e. The fourth-order valence-corrected chi connectivity index (χ4v) is 2.16. The molecular weight excluding hydrogens is 293 g/mol. The molecule has 0 aromatic heterocycles. The summed E-state index contributed by atoms with van der Waals surface area (Å²) in [6.07, 6.45) is 3.88. The fraction of sp³-hybridized carbons (Fsp3) is 0.583. The van der Waals surface area contributed by atoms with Gasteiger partial charge in [0.05, 0.1) is 16.8 Å². The van der Waals surface area contributed by atoms with Crippen molar-refractivity contribution < 1.29 is 0 Å². The summed E-state index contributed by atoms with van der Waals surface area (Å²) in [4.78, 5) is 6.76. The molecule has 0 aliphatic carbocycles. The number of alkyl halides is 1. The van der Waals surface area contributed by atoms with Crippen LogP contribution in [0.25, 0.3) is 0 Å². The molecule has 2 rings (SSSR count). The molecule has 0 aromatic carbocycles. The first-order valence-corrected chi connectivity index (χ1v) is 6.09. The minimum atomic E-state index is -0.0655. The summed E-state index contributed by atoms with van der Waals surface area (Å²) >= 11 is 6.04.